The summed E-state index contributed by atoms with van der Waals surface area (Å²) in [5.41, 5.74) is 7.54. The SMILES string of the molecule is COc1ccc(Cn2cc(CCCN)nn2)cc1OC. The minimum Gasteiger partial charge on any atom is -0.493 e. The number of nitrogens with zero attached hydrogens (tertiary/aromatic N) is 3. The van der Waals surface area contributed by atoms with Gasteiger partial charge in [0.15, 0.2) is 11.5 Å². The van der Waals surface area contributed by atoms with Gasteiger partial charge in [0.25, 0.3) is 0 Å². The van der Waals surface area contributed by atoms with Crippen LogP contribution in [0.25, 0.3) is 0 Å². The predicted molar refractivity (Wildman–Crippen MR) is 76.0 cm³/mol. The summed E-state index contributed by atoms with van der Waals surface area (Å²) in [6.07, 6.45) is 3.74. The van der Waals surface area contributed by atoms with Crippen molar-refractivity contribution < 1.29 is 9.47 Å². The molecule has 0 saturated heterocycles. The zero-order chi connectivity index (χ0) is 14.4. The molecule has 0 saturated carbocycles. The maximum Gasteiger partial charge on any atom is 0.161 e. The summed E-state index contributed by atoms with van der Waals surface area (Å²) < 4.78 is 12.3. The predicted octanol–water partition coefficient (Wildman–Crippen LogP) is 1.23. The Labute approximate surface area is 118 Å². The van der Waals surface area contributed by atoms with Gasteiger partial charge >= 0.3 is 0 Å². The van der Waals surface area contributed by atoms with Gasteiger partial charge in [0.1, 0.15) is 0 Å². The highest BCUT2D eigenvalue weighted by Crippen LogP contribution is 2.27. The third-order valence-electron chi connectivity index (χ3n) is 3.02. The van der Waals surface area contributed by atoms with E-state index in [9.17, 15) is 0 Å². The molecule has 20 heavy (non-hydrogen) atoms. The van der Waals surface area contributed by atoms with Crippen molar-refractivity contribution in [2.45, 2.75) is 19.4 Å². The molecule has 0 aliphatic heterocycles. The number of ether oxygens (including phenoxy) is 2. The van der Waals surface area contributed by atoms with Gasteiger partial charge in [-0.05, 0) is 37.1 Å². The molecule has 0 bridgehead atoms. The smallest absolute Gasteiger partial charge is 0.161 e. The van der Waals surface area contributed by atoms with Crippen LogP contribution in [0.4, 0.5) is 0 Å². The van der Waals surface area contributed by atoms with Gasteiger partial charge in [0, 0.05) is 6.20 Å². The van der Waals surface area contributed by atoms with Crippen LogP contribution in [-0.2, 0) is 13.0 Å². The van der Waals surface area contributed by atoms with E-state index in [1.54, 1.807) is 14.2 Å². The molecule has 0 atom stereocenters. The number of benzene rings is 1. The highest BCUT2D eigenvalue weighted by molar-refractivity contribution is 5.42. The summed E-state index contributed by atoms with van der Waals surface area (Å²) in [6, 6.07) is 5.82. The van der Waals surface area contributed by atoms with Crippen LogP contribution in [0, 0.1) is 0 Å². The van der Waals surface area contributed by atoms with Gasteiger partial charge in [-0.1, -0.05) is 11.3 Å². The minimum absolute atomic E-state index is 0.649. The first-order valence-electron chi connectivity index (χ1n) is 6.56. The number of aromatic nitrogens is 3. The van der Waals surface area contributed by atoms with E-state index in [0.717, 1.165) is 29.8 Å². The quantitative estimate of drug-likeness (QED) is 0.823. The van der Waals surface area contributed by atoms with Crippen molar-refractivity contribution in [3.05, 3.63) is 35.7 Å². The van der Waals surface area contributed by atoms with E-state index in [1.165, 1.54) is 0 Å². The van der Waals surface area contributed by atoms with E-state index in [1.807, 2.05) is 29.1 Å². The average molecular weight is 276 g/mol. The number of nitrogens with two attached hydrogens (primary N) is 1. The molecule has 0 spiro atoms. The average Bonchev–Trinajstić information content (AvgIpc) is 2.92. The van der Waals surface area contributed by atoms with E-state index < -0.39 is 0 Å². The molecule has 108 valence electrons. The Morgan fingerprint density at radius 2 is 2.00 bits per heavy atom. The maximum absolute atomic E-state index is 5.49. The number of hydrogen-bond donors (Lipinski definition) is 1. The fourth-order valence-corrected chi connectivity index (χ4v) is 1.98. The summed E-state index contributed by atoms with van der Waals surface area (Å²) in [7, 11) is 3.25. The second-order valence-electron chi connectivity index (χ2n) is 4.49. The van der Waals surface area contributed by atoms with Gasteiger partial charge in [-0.2, -0.15) is 0 Å². The third-order valence-corrected chi connectivity index (χ3v) is 3.02. The van der Waals surface area contributed by atoms with Crippen LogP contribution in [0.5, 0.6) is 11.5 Å². The largest absolute Gasteiger partial charge is 0.493 e. The molecule has 1 heterocycles. The first kappa shape index (κ1) is 14.3. The van der Waals surface area contributed by atoms with Crippen LogP contribution < -0.4 is 15.2 Å². The van der Waals surface area contributed by atoms with Crippen molar-refractivity contribution in [1.82, 2.24) is 15.0 Å². The molecule has 0 aliphatic rings. The van der Waals surface area contributed by atoms with Crippen molar-refractivity contribution in [2.24, 2.45) is 5.73 Å². The Morgan fingerprint density at radius 3 is 2.70 bits per heavy atom. The molecule has 2 rings (SSSR count). The molecule has 1 aromatic carbocycles. The second-order valence-corrected chi connectivity index (χ2v) is 4.49. The first-order chi connectivity index (χ1) is 9.76. The number of methoxy groups -OCH3 is 2. The Balaban J connectivity index is 2.07. The molecule has 0 radical (unpaired) electrons. The Bertz CT molecular complexity index is 554. The Morgan fingerprint density at radius 1 is 1.20 bits per heavy atom. The van der Waals surface area contributed by atoms with Gasteiger partial charge in [-0.3, -0.25) is 0 Å². The van der Waals surface area contributed by atoms with E-state index in [4.69, 9.17) is 15.2 Å². The van der Waals surface area contributed by atoms with Gasteiger partial charge in [-0.25, -0.2) is 4.68 Å². The van der Waals surface area contributed by atoms with Crippen molar-refractivity contribution >= 4 is 0 Å². The summed E-state index contributed by atoms with van der Waals surface area (Å²) in [6.45, 7) is 1.32. The summed E-state index contributed by atoms with van der Waals surface area (Å²) in [4.78, 5) is 0. The Hall–Kier alpha value is -2.08. The van der Waals surface area contributed by atoms with Crippen LogP contribution in [0.3, 0.4) is 0 Å². The van der Waals surface area contributed by atoms with E-state index >= 15 is 0 Å². The fourth-order valence-electron chi connectivity index (χ4n) is 1.98. The monoisotopic (exact) mass is 276 g/mol. The van der Waals surface area contributed by atoms with Gasteiger partial charge in [-0.15, -0.1) is 5.10 Å². The van der Waals surface area contributed by atoms with Crippen LogP contribution in [0.1, 0.15) is 17.7 Å². The van der Waals surface area contributed by atoms with E-state index in [2.05, 4.69) is 10.3 Å². The molecule has 1 aromatic heterocycles. The van der Waals surface area contributed by atoms with E-state index in [-0.39, 0.29) is 0 Å². The lowest BCUT2D eigenvalue weighted by Crippen LogP contribution is -2.01. The number of hydrogen-bond acceptors (Lipinski definition) is 5. The third kappa shape index (κ3) is 3.48. The molecule has 6 nitrogen and oxygen atoms in total. The maximum atomic E-state index is 5.49. The lowest BCUT2D eigenvalue weighted by molar-refractivity contribution is 0.354. The van der Waals surface area contributed by atoms with Crippen molar-refractivity contribution in [3.63, 3.8) is 0 Å². The molecule has 6 heteroatoms. The Kier molecular flexibility index (Phi) is 4.95. The summed E-state index contributed by atoms with van der Waals surface area (Å²) >= 11 is 0. The molecular weight excluding hydrogens is 256 g/mol. The van der Waals surface area contributed by atoms with Gasteiger partial charge in [0.05, 0.1) is 26.5 Å². The normalized spacial score (nSPS) is 10.6. The first-order valence-corrected chi connectivity index (χ1v) is 6.56. The fraction of sp³-hybridized carbons (Fsp3) is 0.429. The number of aryl methyl sites for hydroxylation is 1. The van der Waals surface area contributed by atoms with E-state index in [0.29, 0.717) is 18.8 Å². The zero-order valence-electron chi connectivity index (χ0n) is 11.9. The minimum atomic E-state index is 0.649. The lowest BCUT2D eigenvalue weighted by atomic mass is 10.2. The summed E-state index contributed by atoms with van der Waals surface area (Å²) in [5.74, 6) is 1.44. The van der Waals surface area contributed by atoms with Crippen LogP contribution in [0.2, 0.25) is 0 Å². The van der Waals surface area contributed by atoms with Crippen LogP contribution in [-0.4, -0.2) is 35.8 Å². The molecular formula is C14H20N4O2. The van der Waals surface area contributed by atoms with Gasteiger partial charge in [0.2, 0.25) is 0 Å². The number of rotatable bonds is 7. The second kappa shape index (κ2) is 6.91. The molecule has 0 fully saturated rings. The van der Waals surface area contributed by atoms with Crippen molar-refractivity contribution in [2.75, 3.05) is 20.8 Å². The molecule has 0 aliphatic carbocycles. The highest BCUT2D eigenvalue weighted by atomic mass is 16.5. The highest BCUT2D eigenvalue weighted by Gasteiger charge is 2.06. The van der Waals surface area contributed by atoms with Crippen LogP contribution >= 0.6 is 0 Å². The van der Waals surface area contributed by atoms with Gasteiger partial charge < -0.3 is 15.2 Å². The molecule has 0 unspecified atom stereocenters. The van der Waals surface area contributed by atoms with Crippen molar-refractivity contribution in [3.8, 4) is 11.5 Å². The molecule has 2 aromatic rings. The molecule has 2 N–H and O–H groups in total. The summed E-state index contributed by atoms with van der Waals surface area (Å²) in [5, 5.41) is 8.24. The van der Waals surface area contributed by atoms with Crippen LogP contribution in [0.15, 0.2) is 24.4 Å². The topological polar surface area (TPSA) is 75.2 Å². The van der Waals surface area contributed by atoms with Crippen molar-refractivity contribution in [1.29, 1.82) is 0 Å². The zero-order valence-corrected chi connectivity index (χ0v) is 11.9. The molecule has 0 amide bonds. The lowest BCUT2D eigenvalue weighted by Gasteiger charge is -2.09. The standard InChI is InChI=1S/C14H20N4O2/c1-19-13-6-5-11(8-14(13)20-2)9-18-10-12(16-17-18)4-3-7-15/h5-6,8,10H,3-4,7,9,15H2,1-2H3.